The lowest BCUT2D eigenvalue weighted by Gasteiger charge is -2.28. The first-order valence-corrected chi connectivity index (χ1v) is 19.8. The van der Waals surface area contributed by atoms with Crippen molar-refractivity contribution in [3.63, 3.8) is 0 Å². The number of fused-ring (bicyclic) bond motifs is 1. The number of aromatic nitrogens is 3. The zero-order valence-electron chi connectivity index (χ0n) is 33.6. The largest absolute Gasteiger partial charge is 0.481 e. The smallest absolute Gasteiger partial charge is 0.410 e. The summed E-state index contributed by atoms with van der Waals surface area (Å²) >= 11 is 14.3. The van der Waals surface area contributed by atoms with Gasteiger partial charge in [0.1, 0.15) is 11.2 Å². The van der Waals surface area contributed by atoms with E-state index in [4.69, 9.17) is 42.6 Å². The molecule has 1 aliphatic rings. The van der Waals surface area contributed by atoms with Crippen molar-refractivity contribution in [3.05, 3.63) is 104 Å². The van der Waals surface area contributed by atoms with Crippen molar-refractivity contribution in [2.45, 2.75) is 78.3 Å². The average molecular weight is 846 g/mol. The van der Waals surface area contributed by atoms with Crippen molar-refractivity contribution in [2.24, 2.45) is 0 Å². The molecule has 2 aromatic carbocycles. The molecule has 1 saturated heterocycles. The molecule has 0 unspecified atom stereocenters. The third kappa shape index (κ3) is 9.78. The number of benzene rings is 2. The van der Waals surface area contributed by atoms with Crippen LogP contribution < -0.4 is 15.6 Å². The third-order valence-corrected chi connectivity index (χ3v) is 10.6. The Morgan fingerprint density at radius 2 is 1.63 bits per heavy atom. The topological polar surface area (TPSA) is 176 Å². The second kappa shape index (κ2) is 17.7. The molecule has 59 heavy (non-hydrogen) atoms. The van der Waals surface area contributed by atoms with E-state index in [9.17, 15) is 29.4 Å². The molecule has 0 spiro atoms. The Hall–Kier alpha value is -5.70. The number of nitrogens with one attached hydrogen (secondary N) is 1. The summed E-state index contributed by atoms with van der Waals surface area (Å²) in [6.07, 6.45) is -0.0638. The van der Waals surface area contributed by atoms with E-state index in [1.165, 1.54) is 21.3 Å². The van der Waals surface area contributed by atoms with Crippen molar-refractivity contribution in [1.29, 1.82) is 0 Å². The molecule has 0 radical (unpaired) electrons. The number of hydrogen-bond donors (Lipinski definition) is 3. The second-order valence-corrected chi connectivity index (χ2v) is 16.3. The van der Waals surface area contributed by atoms with E-state index in [-0.39, 0.29) is 49.6 Å². The Kier molecular flexibility index (Phi) is 12.8. The highest BCUT2D eigenvalue weighted by Gasteiger charge is 2.28. The number of hydrogen-bond acceptors (Lipinski definition) is 9. The van der Waals surface area contributed by atoms with Crippen LogP contribution in [0.15, 0.2) is 71.7 Å². The normalized spacial score (nSPS) is 14.5. The number of aliphatic hydroxyl groups excluding tert-OH is 1. The summed E-state index contributed by atoms with van der Waals surface area (Å²) in [6.45, 7) is 8.51. The van der Waals surface area contributed by atoms with E-state index in [0.29, 0.717) is 78.9 Å². The number of halogens is 2. The summed E-state index contributed by atoms with van der Waals surface area (Å²) in [5, 5.41) is 23.6. The van der Waals surface area contributed by atoms with Crippen LogP contribution in [0.25, 0.3) is 39.2 Å². The lowest BCUT2D eigenvalue weighted by atomic mass is 9.97. The Morgan fingerprint density at radius 1 is 0.966 bits per heavy atom. The fourth-order valence-corrected chi connectivity index (χ4v) is 7.60. The molecule has 310 valence electrons. The van der Waals surface area contributed by atoms with Crippen molar-refractivity contribution in [2.75, 3.05) is 20.2 Å². The molecule has 0 saturated carbocycles. The lowest BCUT2D eigenvalue weighted by molar-refractivity contribution is -0.119. The number of pyridine rings is 2. The standard InChI is InChI=1S/C43H46Cl2N6O8/c1-24(52)20-50(42(57)59-43(3,4)5)23-34-25(2)40(54)51-18-17-26(19-35(51)47-34)29-9-7-10-30(37(29)44)31-11-8-12-32(38(31)45)33-15-13-27(39(48-33)58-6)21-49(41(55)56)22-28-14-16-36(53)46-28/h7-13,15,17-19,24,28,52H,14,16,20-23H2,1-6H3,(H,46,53)(H,55,56)/t24-,28-/m0/s1. The van der Waals surface area contributed by atoms with Crippen LogP contribution >= 0.6 is 23.2 Å². The summed E-state index contributed by atoms with van der Waals surface area (Å²) < 4.78 is 12.6. The molecule has 14 nitrogen and oxygen atoms in total. The van der Waals surface area contributed by atoms with E-state index < -0.39 is 23.9 Å². The maximum atomic E-state index is 13.5. The monoisotopic (exact) mass is 844 g/mol. The predicted octanol–water partition coefficient (Wildman–Crippen LogP) is 7.59. The number of nitrogens with zero attached hydrogens (tertiary/aromatic N) is 5. The minimum absolute atomic E-state index is 0.00168. The van der Waals surface area contributed by atoms with Crippen LogP contribution in [0, 0.1) is 6.92 Å². The molecule has 5 aromatic rings. The third-order valence-electron chi connectivity index (χ3n) is 9.80. The molecule has 3 aromatic heterocycles. The van der Waals surface area contributed by atoms with Crippen LogP contribution in [-0.4, -0.2) is 90.4 Å². The van der Waals surface area contributed by atoms with Gasteiger partial charge in [0.2, 0.25) is 11.8 Å². The van der Waals surface area contributed by atoms with Crippen molar-refractivity contribution >= 4 is 46.9 Å². The van der Waals surface area contributed by atoms with Gasteiger partial charge in [-0.05, 0) is 70.9 Å². The molecule has 1 aliphatic heterocycles. The Morgan fingerprint density at radius 3 is 2.24 bits per heavy atom. The van der Waals surface area contributed by atoms with E-state index in [0.717, 1.165) is 0 Å². The minimum Gasteiger partial charge on any atom is -0.481 e. The first kappa shape index (κ1) is 42.9. The Bertz CT molecular complexity index is 2480. The molecule has 0 bridgehead atoms. The fraction of sp³-hybridized carbons (Fsp3) is 0.349. The molecule has 1 fully saturated rings. The van der Waals surface area contributed by atoms with E-state index in [1.807, 2.05) is 36.4 Å². The number of carboxylic acid groups (broad SMARTS) is 1. The van der Waals surface area contributed by atoms with Crippen LogP contribution in [0.3, 0.4) is 0 Å². The Balaban J connectivity index is 1.31. The fourth-order valence-electron chi connectivity index (χ4n) is 6.94. The maximum Gasteiger partial charge on any atom is 0.410 e. The van der Waals surface area contributed by atoms with Gasteiger partial charge in [0.25, 0.3) is 5.56 Å². The summed E-state index contributed by atoms with van der Waals surface area (Å²) in [4.78, 5) is 62.5. The number of ether oxygens (including phenoxy) is 2. The van der Waals surface area contributed by atoms with Gasteiger partial charge in [-0.3, -0.25) is 18.9 Å². The first-order valence-electron chi connectivity index (χ1n) is 19.0. The van der Waals surface area contributed by atoms with Crippen LogP contribution in [-0.2, 0) is 22.6 Å². The number of amides is 3. The lowest BCUT2D eigenvalue weighted by Crippen LogP contribution is -2.41. The summed E-state index contributed by atoms with van der Waals surface area (Å²) in [7, 11) is 1.46. The molecule has 3 N–H and O–H groups in total. The molecule has 16 heteroatoms. The summed E-state index contributed by atoms with van der Waals surface area (Å²) in [5.41, 5.74) is 4.18. The molecular formula is C43H46Cl2N6O8. The highest BCUT2D eigenvalue weighted by Crippen LogP contribution is 2.42. The summed E-state index contributed by atoms with van der Waals surface area (Å²) in [6, 6.07) is 17.8. The first-order chi connectivity index (χ1) is 27.9. The SMILES string of the molecule is COc1nc(-c2cccc(-c3cccc(-c4ccn5c(=O)c(C)c(CN(C[C@H](C)O)C(=O)OC(C)(C)C)nc5c4)c3Cl)c2Cl)ccc1CN(C[C@@H]1CCC(=O)N1)C(=O)O. The van der Waals surface area contributed by atoms with Gasteiger partial charge in [-0.1, -0.05) is 59.6 Å². The number of methoxy groups -OCH3 is 1. The van der Waals surface area contributed by atoms with Gasteiger partial charge in [-0.25, -0.2) is 19.6 Å². The predicted molar refractivity (Wildman–Crippen MR) is 225 cm³/mol. The van der Waals surface area contributed by atoms with Gasteiger partial charge in [0.15, 0.2) is 0 Å². The molecular weight excluding hydrogens is 799 g/mol. The van der Waals surface area contributed by atoms with Gasteiger partial charge in [-0.15, -0.1) is 0 Å². The minimum atomic E-state index is -1.13. The quantitative estimate of drug-likeness (QED) is 0.113. The summed E-state index contributed by atoms with van der Waals surface area (Å²) in [5.74, 6) is 0.134. The van der Waals surface area contributed by atoms with E-state index >= 15 is 0 Å². The van der Waals surface area contributed by atoms with Gasteiger partial charge in [0, 0.05) is 58.6 Å². The number of rotatable bonds is 12. The molecule has 4 heterocycles. The van der Waals surface area contributed by atoms with Crippen molar-refractivity contribution in [1.82, 2.24) is 29.5 Å². The van der Waals surface area contributed by atoms with E-state index in [1.54, 1.807) is 65.1 Å². The van der Waals surface area contributed by atoms with Gasteiger partial charge < -0.3 is 29.9 Å². The highest BCUT2D eigenvalue weighted by molar-refractivity contribution is 6.39. The van der Waals surface area contributed by atoms with Crippen LogP contribution in [0.5, 0.6) is 5.88 Å². The van der Waals surface area contributed by atoms with Gasteiger partial charge in [-0.2, -0.15) is 0 Å². The van der Waals surface area contributed by atoms with Crippen molar-refractivity contribution < 1.29 is 34.1 Å². The second-order valence-electron chi connectivity index (χ2n) is 15.5. The Labute approximate surface area is 351 Å². The van der Waals surface area contributed by atoms with Crippen LogP contribution in [0.4, 0.5) is 9.59 Å². The van der Waals surface area contributed by atoms with Crippen molar-refractivity contribution in [3.8, 4) is 39.4 Å². The number of aliphatic hydroxyl groups is 1. The van der Waals surface area contributed by atoms with Gasteiger partial charge in [0.05, 0.1) is 54.3 Å². The zero-order chi connectivity index (χ0) is 42.8. The molecule has 0 aliphatic carbocycles. The molecule has 3 amide bonds. The highest BCUT2D eigenvalue weighted by atomic mass is 35.5. The zero-order valence-corrected chi connectivity index (χ0v) is 35.1. The number of carbonyl (C=O) groups is 3. The number of carbonyl (C=O) groups excluding carboxylic acids is 2. The molecule has 2 atom stereocenters. The van der Waals surface area contributed by atoms with Crippen LogP contribution in [0.2, 0.25) is 10.0 Å². The van der Waals surface area contributed by atoms with Crippen LogP contribution in [0.1, 0.15) is 57.4 Å². The average Bonchev–Trinajstić information content (AvgIpc) is 3.59. The van der Waals surface area contributed by atoms with E-state index in [2.05, 4.69) is 5.32 Å². The molecule has 6 rings (SSSR count). The maximum absolute atomic E-state index is 13.5. The van der Waals surface area contributed by atoms with Gasteiger partial charge >= 0.3 is 12.2 Å².